The van der Waals surface area contributed by atoms with E-state index in [1.165, 1.54) is 0 Å². The van der Waals surface area contributed by atoms with Crippen molar-refractivity contribution < 1.29 is 0 Å². The second-order valence-corrected chi connectivity index (χ2v) is 5.47. The maximum Gasteiger partial charge on any atom is 0.294 e. The SMILES string of the molecule is NC(N)=NC(C(n1cccn1)n1cccn1)(n1cccn1)n1cccn1. The molecule has 0 unspecified atom stereocenters. The van der Waals surface area contributed by atoms with Gasteiger partial charge < -0.3 is 11.5 Å². The Kier molecular flexibility index (Phi) is 3.73. The number of hydrogen-bond donors (Lipinski definition) is 2. The monoisotopic (exact) mass is 351 g/mol. The highest BCUT2D eigenvalue weighted by Crippen LogP contribution is 2.33. The van der Waals surface area contributed by atoms with E-state index in [0.717, 1.165) is 0 Å². The van der Waals surface area contributed by atoms with Gasteiger partial charge in [0.1, 0.15) is 0 Å². The molecule has 0 saturated carbocycles. The van der Waals surface area contributed by atoms with Crippen molar-refractivity contribution in [2.24, 2.45) is 16.5 Å². The van der Waals surface area contributed by atoms with E-state index in [1.807, 2.05) is 12.1 Å². The van der Waals surface area contributed by atoms with Crippen molar-refractivity contribution in [1.29, 1.82) is 0 Å². The molecule has 0 atom stereocenters. The molecule has 0 aliphatic carbocycles. The van der Waals surface area contributed by atoms with Gasteiger partial charge in [-0.15, -0.1) is 0 Å². The number of aromatic nitrogens is 8. The topological polar surface area (TPSA) is 136 Å². The Bertz CT molecular complexity index is 877. The Hall–Kier alpha value is -3.89. The molecule has 4 aromatic rings. The summed E-state index contributed by atoms with van der Waals surface area (Å²) in [6, 6.07) is 7.18. The molecule has 0 spiro atoms. The lowest BCUT2D eigenvalue weighted by Gasteiger charge is -2.37. The molecule has 132 valence electrons. The molecule has 0 aromatic carbocycles. The highest BCUT2D eigenvalue weighted by Gasteiger charge is 2.48. The average Bonchev–Trinajstić information content (AvgIpc) is 3.43. The average molecular weight is 351 g/mol. The van der Waals surface area contributed by atoms with Crippen LogP contribution in [0.5, 0.6) is 0 Å². The summed E-state index contributed by atoms with van der Waals surface area (Å²) in [6.07, 6.45) is 13.1. The molecule has 0 fully saturated rings. The minimum absolute atomic E-state index is 0.125. The van der Waals surface area contributed by atoms with Crippen LogP contribution < -0.4 is 11.5 Å². The van der Waals surface area contributed by atoms with Crippen LogP contribution in [0.3, 0.4) is 0 Å². The summed E-state index contributed by atoms with van der Waals surface area (Å²) in [5, 5.41) is 17.6. The Labute approximate surface area is 148 Å². The predicted octanol–water partition coefficient (Wildman–Crippen LogP) is -0.348. The van der Waals surface area contributed by atoms with Crippen LogP contribution in [0.4, 0.5) is 0 Å². The van der Waals surface area contributed by atoms with Gasteiger partial charge in [0.25, 0.3) is 5.79 Å². The van der Waals surface area contributed by atoms with Crippen LogP contribution in [0.2, 0.25) is 0 Å². The van der Waals surface area contributed by atoms with Crippen molar-refractivity contribution in [3.63, 3.8) is 0 Å². The van der Waals surface area contributed by atoms with Gasteiger partial charge in [-0.3, -0.25) is 0 Å². The zero-order valence-electron chi connectivity index (χ0n) is 13.7. The van der Waals surface area contributed by atoms with Gasteiger partial charge in [-0.25, -0.2) is 18.7 Å². The minimum Gasteiger partial charge on any atom is -0.370 e. The van der Waals surface area contributed by atoms with E-state index in [9.17, 15) is 0 Å². The van der Waals surface area contributed by atoms with Crippen LogP contribution in [0.1, 0.15) is 6.17 Å². The third-order valence-electron chi connectivity index (χ3n) is 3.87. The van der Waals surface area contributed by atoms with E-state index in [2.05, 4.69) is 25.4 Å². The minimum atomic E-state index is -1.32. The first-order valence-electron chi connectivity index (χ1n) is 7.81. The van der Waals surface area contributed by atoms with Crippen molar-refractivity contribution in [2.75, 3.05) is 0 Å². The summed E-state index contributed by atoms with van der Waals surface area (Å²) < 4.78 is 6.63. The molecule has 26 heavy (non-hydrogen) atoms. The van der Waals surface area contributed by atoms with E-state index >= 15 is 0 Å². The fraction of sp³-hybridized carbons (Fsp3) is 0.133. The highest BCUT2D eigenvalue weighted by molar-refractivity contribution is 5.76. The summed E-state index contributed by atoms with van der Waals surface area (Å²) in [6.45, 7) is 0. The van der Waals surface area contributed by atoms with Gasteiger partial charge in [-0.05, 0) is 24.3 Å². The second-order valence-electron chi connectivity index (χ2n) is 5.47. The number of rotatable bonds is 6. The molecule has 0 aliphatic heterocycles. The van der Waals surface area contributed by atoms with Gasteiger partial charge in [-0.2, -0.15) is 25.4 Å². The molecule has 11 heteroatoms. The quantitative estimate of drug-likeness (QED) is 0.360. The van der Waals surface area contributed by atoms with Crippen LogP contribution in [0, 0.1) is 0 Å². The zero-order valence-corrected chi connectivity index (χ0v) is 13.7. The fourth-order valence-corrected chi connectivity index (χ4v) is 2.95. The molecule has 0 aliphatic rings. The first-order chi connectivity index (χ1) is 12.7. The number of nitrogens with two attached hydrogens (primary N) is 2. The van der Waals surface area contributed by atoms with Crippen molar-refractivity contribution in [3.8, 4) is 0 Å². The number of aliphatic imine (C=N–C) groups is 1. The molecule has 0 amide bonds. The maximum absolute atomic E-state index is 5.82. The lowest BCUT2D eigenvalue weighted by atomic mass is 10.2. The van der Waals surface area contributed by atoms with E-state index in [1.54, 1.807) is 80.4 Å². The summed E-state index contributed by atoms with van der Waals surface area (Å²) in [5.41, 5.74) is 11.6. The molecule has 4 aromatic heterocycles. The molecule has 0 bridgehead atoms. The van der Waals surface area contributed by atoms with Gasteiger partial charge in [-0.1, -0.05) is 0 Å². The van der Waals surface area contributed by atoms with Crippen LogP contribution in [0.15, 0.2) is 78.8 Å². The predicted molar refractivity (Wildman–Crippen MR) is 92.5 cm³/mol. The summed E-state index contributed by atoms with van der Waals surface area (Å²) >= 11 is 0. The number of nitrogens with zero attached hydrogens (tertiary/aromatic N) is 9. The van der Waals surface area contributed by atoms with Gasteiger partial charge in [0.15, 0.2) is 5.96 Å². The van der Waals surface area contributed by atoms with E-state index in [4.69, 9.17) is 11.5 Å². The normalized spacial score (nSPS) is 11.7. The largest absolute Gasteiger partial charge is 0.370 e. The Morgan fingerprint density at radius 3 is 1.54 bits per heavy atom. The summed E-state index contributed by atoms with van der Waals surface area (Å²) in [7, 11) is 0. The third-order valence-corrected chi connectivity index (χ3v) is 3.87. The zero-order chi connectivity index (χ0) is 18.0. The maximum atomic E-state index is 5.82. The molecule has 0 saturated heterocycles. The molecular weight excluding hydrogens is 334 g/mol. The van der Waals surface area contributed by atoms with E-state index < -0.39 is 12.0 Å². The Morgan fingerprint density at radius 2 is 1.19 bits per heavy atom. The number of hydrogen-bond acceptors (Lipinski definition) is 5. The van der Waals surface area contributed by atoms with Crippen LogP contribution in [0.25, 0.3) is 0 Å². The molecule has 4 N–H and O–H groups in total. The van der Waals surface area contributed by atoms with Crippen LogP contribution in [-0.2, 0) is 5.79 Å². The summed E-state index contributed by atoms with van der Waals surface area (Å²) in [4.78, 5) is 4.56. The lowest BCUT2D eigenvalue weighted by Crippen LogP contribution is -2.52. The smallest absolute Gasteiger partial charge is 0.294 e. The lowest BCUT2D eigenvalue weighted by molar-refractivity contribution is 0.0680. The van der Waals surface area contributed by atoms with Gasteiger partial charge in [0.05, 0.1) is 0 Å². The Balaban J connectivity index is 2.07. The highest BCUT2D eigenvalue weighted by atomic mass is 15.6. The van der Waals surface area contributed by atoms with Crippen molar-refractivity contribution in [1.82, 2.24) is 39.1 Å². The Morgan fingerprint density at radius 1 is 0.731 bits per heavy atom. The van der Waals surface area contributed by atoms with Gasteiger partial charge >= 0.3 is 0 Å². The third kappa shape index (κ3) is 2.42. The molecule has 4 heterocycles. The standard InChI is InChI=1S/C15H17N11/c16-14(17)22-15(25-11-3-7-20-25,26-12-4-8-21-26)13(23-9-1-5-18-23)24-10-2-6-19-24/h1-13H,(H4,16,17,22). The van der Waals surface area contributed by atoms with Crippen LogP contribution in [-0.4, -0.2) is 45.1 Å². The second kappa shape index (κ2) is 6.20. The summed E-state index contributed by atoms with van der Waals surface area (Å²) in [5.74, 6) is -1.44. The van der Waals surface area contributed by atoms with Gasteiger partial charge in [0, 0.05) is 49.6 Å². The van der Waals surface area contributed by atoms with Crippen LogP contribution >= 0.6 is 0 Å². The fourth-order valence-electron chi connectivity index (χ4n) is 2.95. The molecular formula is C15H17N11. The van der Waals surface area contributed by atoms with E-state index in [0.29, 0.717) is 0 Å². The van der Waals surface area contributed by atoms with Gasteiger partial charge in [0.2, 0.25) is 6.17 Å². The molecule has 0 radical (unpaired) electrons. The van der Waals surface area contributed by atoms with Crippen molar-refractivity contribution in [2.45, 2.75) is 12.0 Å². The number of guanidine groups is 1. The van der Waals surface area contributed by atoms with E-state index in [-0.39, 0.29) is 5.96 Å². The van der Waals surface area contributed by atoms with Crippen molar-refractivity contribution >= 4 is 5.96 Å². The first-order valence-corrected chi connectivity index (χ1v) is 7.81. The van der Waals surface area contributed by atoms with Crippen molar-refractivity contribution in [3.05, 3.63) is 73.8 Å². The molecule has 4 rings (SSSR count). The first kappa shape index (κ1) is 15.6. The molecule has 11 nitrogen and oxygen atoms in total.